The third kappa shape index (κ3) is 4.53. The number of hydrogen-bond donors (Lipinski definition) is 0. The molecular formula is C20H32N4O. The Morgan fingerprint density at radius 3 is 2.52 bits per heavy atom. The van der Waals surface area contributed by atoms with Crippen LogP contribution < -0.4 is 4.90 Å². The van der Waals surface area contributed by atoms with Crippen molar-refractivity contribution in [3.8, 4) is 0 Å². The van der Waals surface area contributed by atoms with E-state index in [1.165, 1.54) is 24.1 Å². The molecule has 1 atom stereocenters. The van der Waals surface area contributed by atoms with Crippen molar-refractivity contribution in [2.75, 3.05) is 64.8 Å². The first-order chi connectivity index (χ1) is 12.0. The van der Waals surface area contributed by atoms with E-state index in [-0.39, 0.29) is 5.91 Å². The van der Waals surface area contributed by atoms with Gasteiger partial charge in [0.1, 0.15) is 0 Å². The molecule has 2 fully saturated rings. The molecule has 3 rings (SSSR count). The lowest BCUT2D eigenvalue weighted by atomic mass is 10.0. The molecule has 0 aliphatic carbocycles. The predicted molar refractivity (Wildman–Crippen MR) is 103 cm³/mol. The van der Waals surface area contributed by atoms with E-state index in [1.54, 1.807) is 4.90 Å². The summed E-state index contributed by atoms with van der Waals surface area (Å²) in [6, 6.07) is 9.28. The van der Waals surface area contributed by atoms with Crippen molar-refractivity contribution in [1.82, 2.24) is 14.7 Å². The SMILES string of the molecule is Cc1ccccc1N1CCN(C2CCCN(CC(=O)N(C)C)C2)CC1. The van der Waals surface area contributed by atoms with Crippen LogP contribution in [0.2, 0.25) is 0 Å². The minimum Gasteiger partial charge on any atom is -0.369 e. The zero-order chi connectivity index (χ0) is 17.8. The van der Waals surface area contributed by atoms with Gasteiger partial charge in [0.05, 0.1) is 6.54 Å². The highest BCUT2D eigenvalue weighted by Crippen LogP contribution is 2.23. The number of para-hydroxylation sites is 1. The minimum absolute atomic E-state index is 0.213. The van der Waals surface area contributed by atoms with Gasteiger partial charge in [-0.25, -0.2) is 0 Å². The number of carbonyl (C=O) groups excluding carboxylic acids is 1. The largest absolute Gasteiger partial charge is 0.369 e. The Morgan fingerprint density at radius 2 is 1.84 bits per heavy atom. The Labute approximate surface area is 152 Å². The van der Waals surface area contributed by atoms with Gasteiger partial charge in [0.15, 0.2) is 0 Å². The van der Waals surface area contributed by atoms with Crippen LogP contribution in [0.3, 0.4) is 0 Å². The predicted octanol–water partition coefficient (Wildman–Crippen LogP) is 1.67. The third-order valence-electron chi connectivity index (χ3n) is 5.63. The first-order valence-electron chi connectivity index (χ1n) is 9.51. The summed E-state index contributed by atoms with van der Waals surface area (Å²) in [6.07, 6.45) is 2.46. The fraction of sp³-hybridized carbons (Fsp3) is 0.650. The van der Waals surface area contributed by atoms with Crippen LogP contribution in [0, 0.1) is 6.92 Å². The summed E-state index contributed by atoms with van der Waals surface area (Å²) in [5.41, 5.74) is 2.74. The minimum atomic E-state index is 0.213. The highest BCUT2D eigenvalue weighted by atomic mass is 16.2. The third-order valence-corrected chi connectivity index (χ3v) is 5.63. The van der Waals surface area contributed by atoms with E-state index < -0.39 is 0 Å². The van der Waals surface area contributed by atoms with Gasteiger partial charge in [-0.2, -0.15) is 0 Å². The second kappa shape index (κ2) is 8.19. The van der Waals surface area contributed by atoms with Crippen LogP contribution in [0.1, 0.15) is 18.4 Å². The molecule has 2 heterocycles. The van der Waals surface area contributed by atoms with Crippen LogP contribution in [-0.2, 0) is 4.79 Å². The number of anilines is 1. The number of piperidine rings is 1. The fourth-order valence-corrected chi connectivity index (χ4v) is 4.05. The summed E-state index contributed by atoms with van der Waals surface area (Å²) in [5.74, 6) is 0.213. The van der Waals surface area contributed by atoms with E-state index in [9.17, 15) is 4.79 Å². The smallest absolute Gasteiger partial charge is 0.236 e. The molecule has 138 valence electrons. The lowest BCUT2D eigenvalue weighted by Crippen LogP contribution is -2.56. The first-order valence-corrected chi connectivity index (χ1v) is 9.51. The molecule has 0 bridgehead atoms. The quantitative estimate of drug-likeness (QED) is 0.831. The van der Waals surface area contributed by atoms with Crippen molar-refractivity contribution in [2.24, 2.45) is 0 Å². The Balaban J connectivity index is 1.52. The number of likely N-dealkylation sites (N-methyl/N-ethyl adjacent to an activating group) is 1. The number of likely N-dealkylation sites (tertiary alicyclic amines) is 1. The average molecular weight is 345 g/mol. The zero-order valence-electron chi connectivity index (χ0n) is 15.9. The summed E-state index contributed by atoms with van der Waals surface area (Å²) >= 11 is 0. The molecule has 2 aliphatic rings. The Kier molecular flexibility index (Phi) is 5.97. The number of aryl methyl sites for hydroxylation is 1. The van der Waals surface area contributed by atoms with Gasteiger partial charge in [-0.3, -0.25) is 14.6 Å². The second-order valence-corrected chi connectivity index (χ2v) is 7.63. The number of rotatable bonds is 4. The molecule has 5 nitrogen and oxygen atoms in total. The Bertz CT molecular complexity index is 581. The van der Waals surface area contributed by atoms with E-state index in [4.69, 9.17) is 0 Å². The molecule has 1 unspecified atom stereocenters. The molecule has 1 aromatic carbocycles. The molecule has 1 aromatic rings. The summed E-state index contributed by atoms with van der Waals surface area (Å²) in [6.45, 7) is 9.28. The van der Waals surface area contributed by atoms with Gasteiger partial charge < -0.3 is 9.80 Å². The highest BCUT2D eigenvalue weighted by molar-refractivity contribution is 5.77. The van der Waals surface area contributed by atoms with E-state index in [0.29, 0.717) is 12.6 Å². The van der Waals surface area contributed by atoms with Crippen LogP contribution in [0.4, 0.5) is 5.69 Å². The molecule has 0 radical (unpaired) electrons. The normalized spacial score (nSPS) is 22.8. The Morgan fingerprint density at radius 1 is 1.12 bits per heavy atom. The number of carbonyl (C=O) groups is 1. The number of piperazine rings is 1. The van der Waals surface area contributed by atoms with Crippen LogP contribution in [0.5, 0.6) is 0 Å². The van der Waals surface area contributed by atoms with Crippen molar-refractivity contribution in [1.29, 1.82) is 0 Å². The number of benzene rings is 1. The van der Waals surface area contributed by atoms with Gasteiger partial charge in [0.2, 0.25) is 5.91 Å². The summed E-state index contributed by atoms with van der Waals surface area (Å²) in [5, 5.41) is 0. The molecule has 2 saturated heterocycles. The lowest BCUT2D eigenvalue weighted by molar-refractivity contribution is -0.130. The van der Waals surface area contributed by atoms with E-state index in [2.05, 4.69) is 45.9 Å². The van der Waals surface area contributed by atoms with Gasteiger partial charge in [0.25, 0.3) is 0 Å². The maximum atomic E-state index is 12.0. The molecule has 0 saturated carbocycles. The van der Waals surface area contributed by atoms with Crippen molar-refractivity contribution in [3.63, 3.8) is 0 Å². The maximum absolute atomic E-state index is 12.0. The number of amides is 1. The fourth-order valence-electron chi connectivity index (χ4n) is 4.05. The molecule has 2 aliphatic heterocycles. The van der Waals surface area contributed by atoms with Crippen LogP contribution in [0.25, 0.3) is 0 Å². The summed E-state index contributed by atoms with van der Waals surface area (Å²) < 4.78 is 0. The monoisotopic (exact) mass is 344 g/mol. The van der Waals surface area contributed by atoms with E-state index in [0.717, 1.165) is 39.3 Å². The topological polar surface area (TPSA) is 30.0 Å². The maximum Gasteiger partial charge on any atom is 0.236 e. The average Bonchev–Trinajstić information content (AvgIpc) is 2.62. The van der Waals surface area contributed by atoms with Crippen LogP contribution >= 0.6 is 0 Å². The van der Waals surface area contributed by atoms with Crippen molar-refractivity contribution in [3.05, 3.63) is 29.8 Å². The first kappa shape index (κ1) is 18.2. The number of nitrogens with zero attached hydrogens (tertiary/aromatic N) is 4. The molecule has 1 amide bonds. The Hall–Kier alpha value is -1.59. The molecule has 5 heteroatoms. The van der Waals surface area contributed by atoms with Gasteiger partial charge >= 0.3 is 0 Å². The molecule has 25 heavy (non-hydrogen) atoms. The van der Waals surface area contributed by atoms with E-state index >= 15 is 0 Å². The summed E-state index contributed by atoms with van der Waals surface area (Å²) in [4.78, 5) is 21.2. The van der Waals surface area contributed by atoms with Crippen molar-refractivity contribution < 1.29 is 4.79 Å². The van der Waals surface area contributed by atoms with Gasteiger partial charge in [-0.1, -0.05) is 18.2 Å². The van der Waals surface area contributed by atoms with Crippen LogP contribution in [-0.4, -0.2) is 86.6 Å². The highest BCUT2D eigenvalue weighted by Gasteiger charge is 2.29. The van der Waals surface area contributed by atoms with Crippen molar-refractivity contribution >= 4 is 11.6 Å². The molecule has 0 aromatic heterocycles. The van der Waals surface area contributed by atoms with Gasteiger partial charge in [-0.05, 0) is 37.9 Å². The second-order valence-electron chi connectivity index (χ2n) is 7.63. The molecule has 0 N–H and O–H groups in total. The van der Waals surface area contributed by atoms with E-state index in [1.807, 2.05) is 14.1 Å². The van der Waals surface area contributed by atoms with Crippen molar-refractivity contribution in [2.45, 2.75) is 25.8 Å². The lowest BCUT2D eigenvalue weighted by Gasteiger charge is -2.44. The number of hydrogen-bond acceptors (Lipinski definition) is 4. The standard InChI is InChI=1S/C20H32N4O/c1-17-7-4-5-9-19(17)24-13-11-23(12-14-24)18-8-6-10-22(15-18)16-20(25)21(2)3/h4-5,7,9,18H,6,8,10-16H2,1-3H3. The summed E-state index contributed by atoms with van der Waals surface area (Å²) in [7, 11) is 3.68. The molecular weight excluding hydrogens is 312 g/mol. The van der Waals surface area contributed by atoms with Crippen LogP contribution in [0.15, 0.2) is 24.3 Å². The van der Waals surface area contributed by atoms with Gasteiger partial charge in [-0.15, -0.1) is 0 Å². The molecule has 0 spiro atoms. The zero-order valence-corrected chi connectivity index (χ0v) is 15.9. The van der Waals surface area contributed by atoms with Gasteiger partial charge in [0, 0.05) is 58.5 Å².